The zero-order valence-corrected chi connectivity index (χ0v) is 16.3. The lowest BCUT2D eigenvalue weighted by atomic mass is 9.96. The first kappa shape index (κ1) is 22.2. The van der Waals surface area contributed by atoms with Crippen molar-refractivity contribution in [3.05, 3.63) is 83.6 Å². The number of allylic oxidation sites excluding steroid dienone is 4. The Kier molecular flexibility index (Phi) is 8.03. The van der Waals surface area contributed by atoms with Crippen LogP contribution in [-0.2, 0) is 6.42 Å². The first-order chi connectivity index (χ1) is 12.5. The number of alkyl halides is 1. The SMILES string of the molecule is C=C(N)/C(=C/C(F)=C(\C)N)C(=C)Nc1ccc(CCC(C)F)c(C(=C)C)c1. The number of anilines is 1. The normalized spacial score (nSPS) is 13.6. The number of nitrogens with two attached hydrogens (primary N) is 2. The molecule has 1 atom stereocenters. The molecule has 0 fully saturated rings. The number of benzene rings is 1. The molecule has 3 nitrogen and oxygen atoms in total. The molecule has 0 radical (unpaired) electrons. The summed E-state index contributed by atoms with van der Waals surface area (Å²) in [5.41, 5.74) is 15.7. The van der Waals surface area contributed by atoms with Gasteiger partial charge >= 0.3 is 0 Å². The van der Waals surface area contributed by atoms with Gasteiger partial charge in [0.25, 0.3) is 0 Å². The molecule has 1 rings (SSSR count). The van der Waals surface area contributed by atoms with E-state index in [1.165, 1.54) is 13.0 Å². The van der Waals surface area contributed by atoms with E-state index in [4.69, 9.17) is 11.5 Å². The third kappa shape index (κ3) is 6.77. The molecule has 0 heterocycles. The van der Waals surface area contributed by atoms with Crippen molar-refractivity contribution in [1.29, 1.82) is 0 Å². The summed E-state index contributed by atoms with van der Waals surface area (Å²) in [7, 11) is 0. The fraction of sp³-hybridized carbons (Fsp3) is 0.273. The quantitative estimate of drug-likeness (QED) is 0.501. The van der Waals surface area contributed by atoms with E-state index in [1.807, 2.05) is 25.1 Å². The molecule has 0 aliphatic rings. The summed E-state index contributed by atoms with van der Waals surface area (Å²) in [6, 6.07) is 5.68. The second-order valence-corrected chi connectivity index (χ2v) is 6.69. The molecule has 0 saturated carbocycles. The van der Waals surface area contributed by atoms with Crippen molar-refractivity contribution < 1.29 is 8.78 Å². The lowest BCUT2D eigenvalue weighted by Crippen LogP contribution is -2.09. The minimum Gasteiger partial charge on any atom is -0.400 e. The molecule has 5 heteroatoms. The van der Waals surface area contributed by atoms with E-state index in [0.717, 1.165) is 22.4 Å². The molecule has 146 valence electrons. The van der Waals surface area contributed by atoms with Crippen LogP contribution < -0.4 is 16.8 Å². The van der Waals surface area contributed by atoms with E-state index >= 15 is 0 Å². The van der Waals surface area contributed by atoms with Crippen molar-refractivity contribution in [2.24, 2.45) is 11.5 Å². The van der Waals surface area contributed by atoms with Crippen LogP contribution in [0.5, 0.6) is 0 Å². The Morgan fingerprint density at radius 2 is 1.85 bits per heavy atom. The lowest BCUT2D eigenvalue weighted by molar-refractivity contribution is 0.341. The number of nitrogens with one attached hydrogen (secondary N) is 1. The van der Waals surface area contributed by atoms with E-state index in [-0.39, 0.29) is 11.4 Å². The highest BCUT2D eigenvalue weighted by molar-refractivity contribution is 5.70. The van der Waals surface area contributed by atoms with Gasteiger partial charge in [0.05, 0.1) is 6.17 Å². The van der Waals surface area contributed by atoms with Crippen LogP contribution in [-0.4, -0.2) is 6.17 Å². The first-order valence-electron chi connectivity index (χ1n) is 8.70. The highest BCUT2D eigenvalue weighted by Crippen LogP contribution is 2.26. The number of halogens is 2. The van der Waals surface area contributed by atoms with Gasteiger partial charge in [-0.2, -0.15) is 0 Å². The van der Waals surface area contributed by atoms with Crippen molar-refractivity contribution in [2.75, 3.05) is 5.32 Å². The largest absolute Gasteiger partial charge is 0.400 e. The molecule has 0 saturated heterocycles. The van der Waals surface area contributed by atoms with E-state index in [0.29, 0.717) is 24.1 Å². The molecule has 0 bridgehead atoms. The van der Waals surface area contributed by atoms with Crippen LogP contribution in [0.15, 0.2) is 72.5 Å². The smallest absolute Gasteiger partial charge is 0.142 e. The zero-order valence-electron chi connectivity index (χ0n) is 16.3. The number of aryl methyl sites for hydroxylation is 1. The summed E-state index contributed by atoms with van der Waals surface area (Å²) < 4.78 is 27.1. The number of hydrogen-bond acceptors (Lipinski definition) is 3. The van der Waals surface area contributed by atoms with Crippen LogP contribution in [0.25, 0.3) is 5.57 Å². The third-order valence-electron chi connectivity index (χ3n) is 4.00. The van der Waals surface area contributed by atoms with Crippen LogP contribution in [0.2, 0.25) is 0 Å². The summed E-state index contributed by atoms with van der Waals surface area (Å²) in [5, 5.41) is 3.11. The monoisotopic (exact) mass is 373 g/mol. The molecule has 1 aromatic carbocycles. The van der Waals surface area contributed by atoms with Crippen molar-refractivity contribution in [1.82, 2.24) is 0 Å². The number of rotatable bonds is 9. The van der Waals surface area contributed by atoms with E-state index in [2.05, 4.69) is 25.1 Å². The van der Waals surface area contributed by atoms with Gasteiger partial charge in [-0.3, -0.25) is 0 Å². The minimum absolute atomic E-state index is 0.0394. The molecule has 0 spiro atoms. The molecule has 0 aromatic heterocycles. The van der Waals surface area contributed by atoms with Crippen LogP contribution in [0.4, 0.5) is 14.5 Å². The topological polar surface area (TPSA) is 64.1 Å². The van der Waals surface area contributed by atoms with Gasteiger partial charge in [0, 0.05) is 28.4 Å². The van der Waals surface area contributed by atoms with E-state index in [9.17, 15) is 8.78 Å². The molecule has 0 amide bonds. The summed E-state index contributed by atoms with van der Waals surface area (Å²) in [4.78, 5) is 0. The maximum Gasteiger partial charge on any atom is 0.142 e. The Labute approximate surface area is 160 Å². The van der Waals surface area contributed by atoms with E-state index < -0.39 is 12.0 Å². The van der Waals surface area contributed by atoms with Crippen LogP contribution in [0.1, 0.15) is 38.3 Å². The third-order valence-corrected chi connectivity index (χ3v) is 4.00. The highest BCUT2D eigenvalue weighted by Gasteiger charge is 2.11. The van der Waals surface area contributed by atoms with Crippen molar-refractivity contribution in [2.45, 2.75) is 39.8 Å². The zero-order chi connectivity index (χ0) is 20.7. The Bertz CT molecular complexity index is 798. The second kappa shape index (κ2) is 9.76. The van der Waals surface area contributed by atoms with Gasteiger partial charge in [0.2, 0.25) is 0 Å². The highest BCUT2D eigenvalue weighted by atomic mass is 19.1. The fourth-order valence-corrected chi connectivity index (χ4v) is 2.48. The van der Waals surface area contributed by atoms with Crippen LogP contribution in [0.3, 0.4) is 0 Å². The maximum atomic E-state index is 13.9. The molecule has 1 unspecified atom stereocenters. The molecule has 1 aromatic rings. The Morgan fingerprint density at radius 1 is 1.22 bits per heavy atom. The Balaban J connectivity index is 3.14. The number of hydrogen-bond donors (Lipinski definition) is 3. The molecular formula is C22H29F2N3. The summed E-state index contributed by atoms with van der Waals surface area (Å²) in [5.74, 6) is -0.599. The predicted octanol–water partition coefficient (Wildman–Crippen LogP) is 5.49. The average molecular weight is 373 g/mol. The van der Waals surface area contributed by atoms with E-state index in [1.54, 1.807) is 6.92 Å². The van der Waals surface area contributed by atoms with Gasteiger partial charge in [0.1, 0.15) is 5.83 Å². The molecule has 5 N–H and O–H groups in total. The Hall–Kier alpha value is -2.82. The van der Waals surface area contributed by atoms with Crippen LogP contribution >= 0.6 is 0 Å². The summed E-state index contributed by atoms with van der Waals surface area (Å²) in [6.45, 7) is 16.5. The molecular weight excluding hydrogens is 344 g/mol. The van der Waals surface area contributed by atoms with Crippen molar-refractivity contribution in [3.8, 4) is 0 Å². The second-order valence-electron chi connectivity index (χ2n) is 6.69. The first-order valence-corrected chi connectivity index (χ1v) is 8.70. The Morgan fingerprint density at radius 3 is 2.33 bits per heavy atom. The molecule has 27 heavy (non-hydrogen) atoms. The van der Waals surface area contributed by atoms with Gasteiger partial charge in [-0.1, -0.05) is 31.4 Å². The van der Waals surface area contributed by atoms with Gasteiger partial charge in [-0.25, -0.2) is 8.78 Å². The maximum absolute atomic E-state index is 13.9. The minimum atomic E-state index is -0.863. The van der Waals surface area contributed by atoms with Gasteiger partial charge in [0.15, 0.2) is 0 Å². The van der Waals surface area contributed by atoms with Crippen molar-refractivity contribution in [3.63, 3.8) is 0 Å². The van der Waals surface area contributed by atoms with Gasteiger partial charge < -0.3 is 16.8 Å². The standard InChI is InChI=1S/C22H29F2N3/c1-13(2)20-11-19(10-9-18(20)8-7-14(3)23)27-17(6)21(15(4)25)12-22(24)16(5)26/h9-12,14,27H,1,4,6-8,25-26H2,2-3,5H3/b21-12-,22-16-. The fourth-order valence-electron chi connectivity index (χ4n) is 2.48. The average Bonchev–Trinajstić information content (AvgIpc) is 2.57. The molecule has 0 aliphatic carbocycles. The lowest BCUT2D eigenvalue weighted by Gasteiger charge is -2.16. The van der Waals surface area contributed by atoms with Crippen molar-refractivity contribution >= 4 is 11.3 Å². The van der Waals surface area contributed by atoms with Gasteiger partial charge in [-0.05, 0) is 62.9 Å². The van der Waals surface area contributed by atoms with Gasteiger partial charge in [-0.15, -0.1) is 0 Å². The summed E-state index contributed by atoms with van der Waals surface area (Å²) >= 11 is 0. The predicted molar refractivity (Wildman–Crippen MR) is 112 cm³/mol. The molecule has 0 aliphatic heterocycles. The van der Waals surface area contributed by atoms with Crippen LogP contribution in [0, 0.1) is 0 Å². The summed E-state index contributed by atoms with van der Waals surface area (Å²) in [6.07, 6.45) is 1.41.